The van der Waals surface area contributed by atoms with Crippen LogP contribution in [0.3, 0.4) is 0 Å². The summed E-state index contributed by atoms with van der Waals surface area (Å²) in [6, 6.07) is 2.04. The second-order valence-electron chi connectivity index (χ2n) is 6.49. The number of H-pyrrole nitrogens is 1. The molecule has 6 nitrogen and oxygen atoms in total. The number of Topliss-reactive ketones (excluding diaryl/α,β-unsaturated/α-hetero) is 1. The number of fused-ring (bicyclic) bond motifs is 1. The van der Waals surface area contributed by atoms with E-state index in [4.69, 9.17) is 0 Å². The normalized spacial score (nSPS) is 18.0. The summed E-state index contributed by atoms with van der Waals surface area (Å²) in [5, 5.41) is 2.14. The Morgan fingerprint density at radius 1 is 1.40 bits per heavy atom. The van der Waals surface area contributed by atoms with E-state index in [9.17, 15) is 4.79 Å². The Morgan fingerprint density at radius 2 is 2.32 bits per heavy atom. The van der Waals surface area contributed by atoms with E-state index in [0.29, 0.717) is 12.3 Å². The van der Waals surface area contributed by atoms with Crippen molar-refractivity contribution in [1.29, 1.82) is 0 Å². The third kappa shape index (κ3) is 3.28. The van der Waals surface area contributed by atoms with Gasteiger partial charge in [0.05, 0.1) is 15.3 Å². The third-order valence-electron chi connectivity index (χ3n) is 4.76. The topological polar surface area (TPSA) is 74.8 Å². The summed E-state index contributed by atoms with van der Waals surface area (Å²) in [6.07, 6.45) is 9.08. The number of rotatable bonds is 5. The van der Waals surface area contributed by atoms with Crippen LogP contribution in [-0.4, -0.2) is 38.8 Å². The molecule has 0 aliphatic carbocycles. The van der Waals surface area contributed by atoms with Crippen LogP contribution >= 0.6 is 11.3 Å². The molecule has 4 rings (SSSR count). The van der Waals surface area contributed by atoms with Gasteiger partial charge in [-0.2, -0.15) is 0 Å². The van der Waals surface area contributed by atoms with E-state index in [1.165, 1.54) is 6.42 Å². The van der Waals surface area contributed by atoms with E-state index in [0.717, 1.165) is 52.7 Å². The molecule has 3 aromatic rings. The maximum Gasteiger partial charge on any atom is 0.174 e. The summed E-state index contributed by atoms with van der Waals surface area (Å²) in [7, 11) is 0. The van der Waals surface area contributed by atoms with Gasteiger partial charge in [-0.1, -0.05) is 6.92 Å². The number of anilines is 1. The highest BCUT2D eigenvalue weighted by atomic mass is 32.1. The lowest BCUT2D eigenvalue weighted by Gasteiger charge is -2.33. The second-order valence-corrected chi connectivity index (χ2v) is 7.61. The van der Waals surface area contributed by atoms with E-state index in [1.54, 1.807) is 23.9 Å². The molecular formula is C18H21N5OS. The van der Waals surface area contributed by atoms with Crippen LogP contribution in [0.5, 0.6) is 0 Å². The summed E-state index contributed by atoms with van der Waals surface area (Å²) in [4.78, 5) is 31.4. The van der Waals surface area contributed by atoms with Crippen molar-refractivity contribution in [3.8, 4) is 0 Å². The van der Waals surface area contributed by atoms with Crippen molar-refractivity contribution in [3.05, 3.63) is 34.7 Å². The zero-order valence-electron chi connectivity index (χ0n) is 14.2. The summed E-state index contributed by atoms with van der Waals surface area (Å²) in [5.74, 6) is 1.73. The number of aromatic amines is 1. The predicted molar refractivity (Wildman–Crippen MR) is 99.3 cm³/mol. The highest BCUT2D eigenvalue weighted by Gasteiger charge is 2.24. The van der Waals surface area contributed by atoms with Gasteiger partial charge in [-0.3, -0.25) is 4.79 Å². The van der Waals surface area contributed by atoms with Crippen LogP contribution in [0.25, 0.3) is 11.0 Å². The first-order valence-corrected chi connectivity index (χ1v) is 9.57. The average molecular weight is 355 g/mol. The first-order valence-electron chi connectivity index (χ1n) is 8.75. The van der Waals surface area contributed by atoms with Crippen molar-refractivity contribution in [3.63, 3.8) is 0 Å². The smallest absolute Gasteiger partial charge is 0.174 e. The van der Waals surface area contributed by atoms with Gasteiger partial charge in [0.2, 0.25) is 0 Å². The van der Waals surface area contributed by atoms with E-state index in [2.05, 4.69) is 24.8 Å². The molecule has 1 aliphatic heterocycles. The molecule has 0 saturated carbocycles. The molecule has 0 bridgehead atoms. The number of carbonyl (C=O) groups is 1. The van der Waals surface area contributed by atoms with Gasteiger partial charge in [0.15, 0.2) is 5.78 Å². The summed E-state index contributed by atoms with van der Waals surface area (Å²) >= 11 is 1.55. The Balaban J connectivity index is 1.49. The maximum atomic E-state index is 11.8. The van der Waals surface area contributed by atoms with Crippen LogP contribution in [0.1, 0.15) is 40.9 Å². The SMILES string of the molecule is CCC(=O)c1cnc(CC2CCCN(c3ncnc4[nH]ccc34)C2)s1. The molecule has 25 heavy (non-hydrogen) atoms. The Morgan fingerprint density at radius 3 is 3.20 bits per heavy atom. The molecule has 1 unspecified atom stereocenters. The number of ketones is 1. The van der Waals surface area contributed by atoms with Gasteiger partial charge in [0.1, 0.15) is 17.8 Å². The fourth-order valence-electron chi connectivity index (χ4n) is 3.49. The lowest BCUT2D eigenvalue weighted by Crippen LogP contribution is -2.36. The lowest BCUT2D eigenvalue weighted by molar-refractivity contribution is 0.0992. The maximum absolute atomic E-state index is 11.8. The third-order valence-corrected chi connectivity index (χ3v) is 5.82. The van der Waals surface area contributed by atoms with Crippen molar-refractivity contribution in [2.45, 2.75) is 32.6 Å². The zero-order valence-corrected chi connectivity index (χ0v) is 15.1. The van der Waals surface area contributed by atoms with Crippen LogP contribution in [0, 0.1) is 5.92 Å². The van der Waals surface area contributed by atoms with Crippen molar-refractivity contribution in [1.82, 2.24) is 19.9 Å². The summed E-state index contributed by atoms with van der Waals surface area (Å²) in [6.45, 7) is 3.88. The molecule has 1 atom stereocenters. The van der Waals surface area contributed by atoms with Crippen LogP contribution < -0.4 is 4.90 Å². The fourth-order valence-corrected chi connectivity index (χ4v) is 4.53. The van der Waals surface area contributed by atoms with Crippen molar-refractivity contribution in [2.24, 2.45) is 5.92 Å². The number of nitrogens with one attached hydrogen (secondary N) is 1. The number of nitrogens with zero attached hydrogens (tertiary/aromatic N) is 4. The number of carbonyl (C=O) groups excluding carboxylic acids is 1. The largest absolute Gasteiger partial charge is 0.356 e. The second kappa shape index (κ2) is 6.92. The number of hydrogen-bond acceptors (Lipinski definition) is 6. The monoisotopic (exact) mass is 355 g/mol. The lowest BCUT2D eigenvalue weighted by atomic mass is 9.95. The minimum Gasteiger partial charge on any atom is -0.356 e. The van der Waals surface area contributed by atoms with Crippen LogP contribution in [0.15, 0.2) is 24.8 Å². The van der Waals surface area contributed by atoms with Crippen LogP contribution in [0.4, 0.5) is 5.82 Å². The molecule has 0 spiro atoms. The zero-order chi connectivity index (χ0) is 17.2. The molecule has 3 aromatic heterocycles. The minimum atomic E-state index is 0.185. The number of thiazole rings is 1. The van der Waals surface area contributed by atoms with Gasteiger partial charge in [-0.25, -0.2) is 15.0 Å². The molecule has 0 radical (unpaired) electrons. The highest BCUT2D eigenvalue weighted by Crippen LogP contribution is 2.29. The highest BCUT2D eigenvalue weighted by molar-refractivity contribution is 7.13. The molecule has 4 heterocycles. The molecule has 7 heteroatoms. The van der Waals surface area contributed by atoms with Gasteiger partial charge < -0.3 is 9.88 Å². The van der Waals surface area contributed by atoms with Gasteiger partial charge in [0, 0.05) is 38.3 Å². The average Bonchev–Trinajstić information content (AvgIpc) is 3.30. The number of aromatic nitrogens is 4. The predicted octanol–water partition coefficient (Wildman–Crippen LogP) is 3.47. The van der Waals surface area contributed by atoms with Gasteiger partial charge in [0.25, 0.3) is 0 Å². The first kappa shape index (κ1) is 16.2. The Hall–Kier alpha value is -2.28. The molecule has 1 fully saturated rings. The molecule has 1 saturated heterocycles. The van der Waals surface area contributed by atoms with Gasteiger partial charge in [-0.15, -0.1) is 11.3 Å². The van der Waals surface area contributed by atoms with E-state index in [-0.39, 0.29) is 5.78 Å². The molecule has 1 aliphatic rings. The quantitative estimate of drug-likeness (QED) is 0.709. The Kier molecular flexibility index (Phi) is 4.48. The molecule has 1 N–H and O–H groups in total. The Labute approximate surface area is 150 Å². The Bertz CT molecular complexity index is 886. The van der Waals surface area contributed by atoms with E-state index >= 15 is 0 Å². The molecular weight excluding hydrogens is 334 g/mol. The van der Waals surface area contributed by atoms with Gasteiger partial charge in [-0.05, 0) is 24.8 Å². The van der Waals surface area contributed by atoms with Crippen molar-refractivity contribution in [2.75, 3.05) is 18.0 Å². The fraction of sp³-hybridized carbons (Fsp3) is 0.444. The number of hydrogen-bond donors (Lipinski definition) is 1. The molecule has 0 aromatic carbocycles. The van der Waals surface area contributed by atoms with Gasteiger partial charge >= 0.3 is 0 Å². The van der Waals surface area contributed by atoms with Crippen LogP contribution in [-0.2, 0) is 6.42 Å². The molecule has 130 valence electrons. The van der Waals surface area contributed by atoms with Crippen LogP contribution in [0.2, 0.25) is 0 Å². The van der Waals surface area contributed by atoms with E-state index in [1.807, 2.05) is 19.2 Å². The van der Waals surface area contributed by atoms with Crippen molar-refractivity contribution < 1.29 is 4.79 Å². The minimum absolute atomic E-state index is 0.185. The van der Waals surface area contributed by atoms with E-state index < -0.39 is 0 Å². The number of piperidine rings is 1. The molecule has 0 amide bonds. The van der Waals surface area contributed by atoms with Crippen molar-refractivity contribution >= 4 is 34.0 Å². The first-order chi connectivity index (χ1) is 12.2. The summed E-state index contributed by atoms with van der Waals surface area (Å²) in [5.41, 5.74) is 0.884. The summed E-state index contributed by atoms with van der Waals surface area (Å²) < 4.78 is 0. The standard InChI is InChI=1S/C18H21N5OS/c1-2-14(24)15-9-20-16(25-15)8-12-4-3-7-23(10-12)18-13-5-6-19-17(13)21-11-22-18/h5-6,9,11-12H,2-4,7-8,10H2,1H3,(H,19,21,22).